The fourth-order valence-electron chi connectivity index (χ4n) is 2.07. The Labute approximate surface area is 113 Å². The third-order valence-corrected chi connectivity index (χ3v) is 3.67. The average Bonchev–Trinajstić information content (AvgIpc) is 2.53. The van der Waals surface area contributed by atoms with Gasteiger partial charge in [-0.1, -0.05) is 20.8 Å². The summed E-state index contributed by atoms with van der Waals surface area (Å²) in [4.78, 5) is 23.2. The predicted octanol–water partition coefficient (Wildman–Crippen LogP) is 1.35. The van der Waals surface area contributed by atoms with E-state index in [0.29, 0.717) is 6.61 Å². The number of carboxylic acids is 1. The van der Waals surface area contributed by atoms with E-state index in [1.165, 1.54) is 0 Å². The molecule has 1 rings (SSSR count). The maximum absolute atomic E-state index is 12.0. The molecule has 0 aromatic heterocycles. The topological polar surface area (TPSA) is 87.7 Å². The van der Waals surface area contributed by atoms with Gasteiger partial charge < -0.3 is 20.5 Å². The Morgan fingerprint density at radius 2 is 2.00 bits per heavy atom. The Morgan fingerprint density at radius 3 is 2.37 bits per heavy atom. The quantitative estimate of drug-likeness (QED) is 0.723. The van der Waals surface area contributed by atoms with Crippen LogP contribution in [0.4, 0.5) is 4.79 Å². The van der Waals surface area contributed by atoms with Gasteiger partial charge in [-0.15, -0.1) is 0 Å². The highest BCUT2D eigenvalue weighted by atomic mass is 16.5. The van der Waals surface area contributed by atoms with Crippen LogP contribution >= 0.6 is 0 Å². The summed E-state index contributed by atoms with van der Waals surface area (Å²) in [6.45, 7) is 9.71. The van der Waals surface area contributed by atoms with Crippen LogP contribution in [0, 0.1) is 5.41 Å². The fraction of sp³-hybridized carbons (Fsp3) is 0.846. The van der Waals surface area contributed by atoms with Crippen molar-refractivity contribution in [1.82, 2.24) is 10.6 Å². The molecule has 1 aliphatic heterocycles. The van der Waals surface area contributed by atoms with Gasteiger partial charge in [0.15, 0.2) is 0 Å². The second-order valence-corrected chi connectivity index (χ2v) is 6.42. The molecule has 3 unspecified atom stereocenters. The molecular weight excluding hydrogens is 248 g/mol. The number of rotatable bonds is 3. The molecule has 2 amide bonds. The van der Waals surface area contributed by atoms with E-state index in [1.54, 1.807) is 20.8 Å². The van der Waals surface area contributed by atoms with Crippen LogP contribution in [0.5, 0.6) is 0 Å². The van der Waals surface area contributed by atoms with E-state index in [0.717, 1.165) is 6.42 Å². The van der Waals surface area contributed by atoms with Gasteiger partial charge in [0.2, 0.25) is 0 Å². The van der Waals surface area contributed by atoms with Gasteiger partial charge in [0.05, 0.1) is 11.6 Å². The second-order valence-electron chi connectivity index (χ2n) is 6.42. The number of aliphatic carboxylic acids is 1. The van der Waals surface area contributed by atoms with Crippen molar-refractivity contribution in [3.63, 3.8) is 0 Å². The van der Waals surface area contributed by atoms with Crippen LogP contribution in [0.15, 0.2) is 0 Å². The van der Waals surface area contributed by atoms with Crippen LogP contribution in [-0.4, -0.2) is 41.4 Å². The van der Waals surface area contributed by atoms with Crippen molar-refractivity contribution in [2.75, 3.05) is 6.61 Å². The van der Waals surface area contributed by atoms with Gasteiger partial charge in [-0.2, -0.15) is 0 Å². The molecule has 110 valence electrons. The van der Waals surface area contributed by atoms with Crippen LogP contribution in [-0.2, 0) is 9.53 Å². The van der Waals surface area contributed by atoms with Crippen molar-refractivity contribution in [1.29, 1.82) is 0 Å². The van der Waals surface area contributed by atoms with Gasteiger partial charge in [0.1, 0.15) is 6.04 Å². The van der Waals surface area contributed by atoms with Crippen molar-refractivity contribution in [3.05, 3.63) is 0 Å². The van der Waals surface area contributed by atoms with Gasteiger partial charge in [-0.3, -0.25) is 0 Å². The molecule has 0 saturated carbocycles. The van der Waals surface area contributed by atoms with Crippen molar-refractivity contribution < 1.29 is 19.4 Å². The van der Waals surface area contributed by atoms with Gasteiger partial charge >= 0.3 is 12.0 Å². The number of urea groups is 1. The fourth-order valence-corrected chi connectivity index (χ4v) is 2.07. The zero-order chi connectivity index (χ0) is 14.8. The summed E-state index contributed by atoms with van der Waals surface area (Å²) in [7, 11) is 0. The maximum atomic E-state index is 12.0. The summed E-state index contributed by atoms with van der Waals surface area (Å²) in [5.74, 6) is -1.04. The molecule has 3 N–H and O–H groups in total. The minimum Gasteiger partial charge on any atom is -0.480 e. The molecular formula is C13H24N2O4. The van der Waals surface area contributed by atoms with Crippen molar-refractivity contribution >= 4 is 12.0 Å². The average molecular weight is 272 g/mol. The number of nitrogens with one attached hydrogen (secondary N) is 2. The number of hydrogen-bond donors (Lipinski definition) is 3. The lowest BCUT2D eigenvalue weighted by atomic mass is 9.87. The Kier molecular flexibility index (Phi) is 4.45. The summed E-state index contributed by atoms with van der Waals surface area (Å²) in [5.41, 5.74) is -1.01. The lowest BCUT2D eigenvalue weighted by molar-refractivity contribution is -0.141. The molecule has 0 aliphatic carbocycles. The molecule has 0 aromatic carbocycles. The van der Waals surface area contributed by atoms with E-state index < -0.39 is 29.0 Å². The minimum atomic E-state index is -1.04. The first kappa shape index (κ1) is 15.8. The Morgan fingerprint density at radius 1 is 1.42 bits per heavy atom. The van der Waals surface area contributed by atoms with Crippen molar-refractivity contribution in [2.45, 2.75) is 58.7 Å². The number of hydrogen-bond acceptors (Lipinski definition) is 3. The van der Waals surface area contributed by atoms with Gasteiger partial charge in [-0.25, -0.2) is 9.59 Å². The minimum absolute atomic E-state index is 0.0869. The molecule has 0 radical (unpaired) electrons. The normalized spacial score (nSPS) is 28.8. The summed E-state index contributed by atoms with van der Waals surface area (Å²) < 4.78 is 5.43. The standard InChI is InChI=1S/C13H24N2O4/c1-8-13(5,6-7-19-8)15-11(18)14-9(10(16)17)12(2,3)4/h8-9H,6-7H2,1-5H3,(H,16,17)(H2,14,15,18). The first-order valence-corrected chi connectivity index (χ1v) is 6.49. The number of carbonyl (C=O) groups is 2. The molecule has 6 nitrogen and oxygen atoms in total. The van der Waals surface area contributed by atoms with Gasteiger partial charge in [0.25, 0.3) is 0 Å². The van der Waals surface area contributed by atoms with E-state index in [4.69, 9.17) is 9.84 Å². The third kappa shape index (κ3) is 3.83. The number of carbonyl (C=O) groups excluding carboxylic acids is 1. The Bertz CT molecular complexity index is 364. The van der Waals surface area contributed by atoms with Crippen molar-refractivity contribution in [2.24, 2.45) is 5.41 Å². The summed E-state index contributed by atoms with van der Waals surface area (Å²) in [6, 6.07) is -1.41. The highest BCUT2D eigenvalue weighted by molar-refractivity contribution is 5.83. The highest BCUT2D eigenvalue weighted by Crippen LogP contribution is 2.25. The van der Waals surface area contributed by atoms with Crippen LogP contribution in [0.25, 0.3) is 0 Å². The summed E-state index contributed by atoms with van der Waals surface area (Å²) >= 11 is 0. The largest absolute Gasteiger partial charge is 0.480 e. The molecule has 0 spiro atoms. The molecule has 3 atom stereocenters. The smallest absolute Gasteiger partial charge is 0.326 e. The number of amides is 2. The SMILES string of the molecule is CC1OCCC1(C)NC(=O)NC(C(=O)O)C(C)(C)C. The summed E-state index contributed by atoms with van der Waals surface area (Å²) in [5, 5.41) is 14.5. The lowest BCUT2D eigenvalue weighted by Gasteiger charge is -2.32. The molecule has 1 saturated heterocycles. The van der Waals surface area contributed by atoms with Crippen LogP contribution in [0.3, 0.4) is 0 Å². The third-order valence-electron chi connectivity index (χ3n) is 3.67. The summed E-state index contributed by atoms with van der Waals surface area (Å²) in [6.07, 6.45) is 0.630. The number of carboxylic acid groups (broad SMARTS) is 1. The van der Waals surface area contributed by atoms with E-state index in [9.17, 15) is 9.59 Å². The first-order valence-electron chi connectivity index (χ1n) is 6.49. The van der Waals surface area contributed by atoms with E-state index in [-0.39, 0.29) is 6.10 Å². The maximum Gasteiger partial charge on any atom is 0.326 e. The zero-order valence-corrected chi connectivity index (χ0v) is 12.2. The molecule has 1 fully saturated rings. The monoisotopic (exact) mass is 272 g/mol. The molecule has 1 aliphatic rings. The first-order chi connectivity index (χ1) is 8.56. The van der Waals surface area contributed by atoms with Crippen LogP contribution in [0.2, 0.25) is 0 Å². The van der Waals surface area contributed by atoms with E-state index in [2.05, 4.69) is 10.6 Å². The highest BCUT2D eigenvalue weighted by Gasteiger charge is 2.40. The van der Waals surface area contributed by atoms with E-state index in [1.807, 2.05) is 13.8 Å². The van der Waals surface area contributed by atoms with Crippen LogP contribution in [0.1, 0.15) is 41.0 Å². The van der Waals surface area contributed by atoms with E-state index >= 15 is 0 Å². The molecule has 6 heteroatoms. The van der Waals surface area contributed by atoms with Gasteiger partial charge in [0, 0.05) is 6.61 Å². The molecule has 19 heavy (non-hydrogen) atoms. The van der Waals surface area contributed by atoms with Crippen molar-refractivity contribution in [3.8, 4) is 0 Å². The van der Waals surface area contributed by atoms with Gasteiger partial charge in [-0.05, 0) is 25.7 Å². The lowest BCUT2D eigenvalue weighted by Crippen LogP contribution is -2.58. The molecule has 0 aromatic rings. The Hall–Kier alpha value is -1.30. The molecule has 1 heterocycles. The predicted molar refractivity (Wildman–Crippen MR) is 71.0 cm³/mol. The Balaban J connectivity index is 2.66. The zero-order valence-electron chi connectivity index (χ0n) is 12.2. The number of ether oxygens (including phenoxy) is 1. The second kappa shape index (κ2) is 5.36. The molecule has 0 bridgehead atoms. The van der Waals surface area contributed by atoms with Crippen LogP contribution < -0.4 is 10.6 Å².